The maximum absolute atomic E-state index is 10.3. The van der Waals surface area contributed by atoms with Gasteiger partial charge in [0.15, 0.2) is 0 Å². The number of para-hydroxylation sites is 3. The van der Waals surface area contributed by atoms with Crippen LogP contribution >= 0.6 is 0 Å². The molecule has 2 heterocycles. The Balaban J connectivity index is 1.67. The van der Waals surface area contributed by atoms with Crippen molar-refractivity contribution in [2.45, 2.75) is 46.5 Å². The van der Waals surface area contributed by atoms with Crippen LogP contribution in [0.3, 0.4) is 0 Å². The fourth-order valence-electron chi connectivity index (χ4n) is 4.68. The fourth-order valence-corrected chi connectivity index (χ4v) is 4.68. The van der Waals surface area contributed by atoms with Gasteiger partial charge in [0.2, 0.25) is 0 Å². The van der Waals surface area contributed by atoms with E-state index in [9.17, 15) is 5.11 Å². The van der Waals surface area contributed by atoms with Crippen LogP contribution in [-0.2, 0) is 0 Å². The second-order valence-corrected chi connectivity index (χ2v) is 9.74. The minimum absolute atomic E-state index is 0.0571. The molecule has 2 aromatic heterocycles. The molecule has 0 bridgehead atoms. The molecule has 0 unspecified atom stereocenters. The number of phenolic OH excluding ortho intramolecular Hbond substituents is 1. The molecule has 3 aromatic carbocycles. The van der Waals surface area contributed by atoms with Crippen molar-refractivity contribution in [3.8, 4) is 39.8 Å². The Hall–Kier alpha value is -4.12. The van der Waals surface area contributed by atoms with Crippen molar-refractivity contribution in [1.29, 1.82) is 0 Å². The average molecular weight is 479 g/mol. The number of aromatic nitrogens is 4. The molecule has 0 saturated carbocycles. The molecule has 1 N–H and O–H groups in total. The molecule has 0 radical (unpaired) electrons. The van der Waals surface area contributed by atoms with Crippen LogP contribution in [0.1, 0.15) is 59.1 Å². The summed E-state index contributed by atoms with van der Waals surface area (Å²) in [5.41, 5.74) is 7.14. The molecule has 0 aliphatic rings. The smallest absolute Gasteiger partial charge is 0.144 e. The summed E-state index contributed by atoms with van der Waals surface area (Å²) in [5.74, 6) is 1.20. The average Bonchev–Trinajstić information content (AvgIpc) is 3.43. The Bertz CT molecular complexity index is 1600. The zero-order valence-electron chi connectivity index (χ0n) is 23.3. The minimum Gasteiger partial charge on any atom is -0.506 e. The van der Waals surface area contributed by atoms with E-state index in [0.717, 1.165) is 39.3 Å². The summed E-state index contributed by atoms with van der Waals surface area (Å²) in [6.45, 7) is 10.5. The minimum atomic E-state index is -0.0571. The second kappa shape index (κ2) is 9.50. The standard InChI is InChI=1S/C31H32N4O/c1-20(2)25-12-9-13-26(21(3)4)30(25)34-17-16-32-31(34)24-11-8-10-23(19-24)27-18-22(5)35(33-27)28-14-6-7-15-29(28)36/h6-21,36H,1-5H3/i16D,17D. The molecule has 0 aliphatic carbocycles. The van der Waals surface area contributed by atoms with Gasteiger partial charge in [-0.15, -0.1) is 0 Å². The molecule has 5 heteroatoms. The summed E-state index contributed by atoms with van der Waals surface area (Å²) in [6.07, 6.45) is 0.0124. The number of aromatic hydroxyl groups is 1. The van der Waals surface area contributed by atoms with E-state index in [1.165, 1.54) is 0 Å². The van der Waals surface area contributed by atoms with E-state index < -0.39 is 0 Å². The predicted molar refractivity (Wildman–Crippen MR) is 146 cm³/mol. The first-order valence-electron chi connectivity index (χ1n) is 13.3. The Labute approximate surface area is 215 Å². The van der Waals surface area contributed by atoms with Gasteiger partial charge in [0, 0.05) is 29.2 Å². The van der Waals surface area contributed by atoms with Gasteiger partial charge in [-0.1, -0.05) is 76.2 Å². The zero-order valence-corrected chi connectivity index (χ0v) is 21.3. The highest BCUT2D eigenvalue weighted by atomic mass is 16.3. The highest BCUT2D eigenvalue weighted by Crippen LogP contribution is 2.35. The topological polar surface area (TPSA) is 55.9 Å². The molecule has 0 atom stereocenters. The van der Waals surface area contributed by atoms with Crippen molar-refractivity contribution in [1.82, 2.24) is 19.3 Å². The molecular weight excluding hydrogens is 444 g/mol. The molecule has 182 valence electrons. The number of hydrogen-bond acceptors (Lipinski definition) is 3. The first kappa shape index (κ1) is 21.2. The predicted octanol–water partition coefficient (Wildman–Crippen LogP) is 7.65. The Morgan fingerprint density at radius 1 is 0.833 bits per heavy atom. The first-order chi connectivity index (χ1) is 18.2. The van der Waals surface area contributed by atoms with Crippen molar-refractivity contribution in [3.63, 3.8) is 0 Å². The molecule has 0 spiro atoms. The molecule has 5 aromatic rings. The Morgan fingerprint density at radius 2 is 1.50 bits per heavy atom. The highest BCUT2D eigenvalue weighted by Gasteiger charge is 2.19. The van der Waals surface area contributed by atoms with Crippen LogP contribution in [0, 0.1) is 6.92 Å². The molecule has 0 amide bonds. The molecule has 0 fully saturated rings. The number of phenols is 1. The molecule has 0 saturated heterocycles. The van der Waals surface area contributed by atoms with Crippen molar-refractivity contribution in [2.75, 3.05) is 0 Å². The monoisotopic (exact) mass is 478 g/mol. The van der Waals surface area contributed by atoms with E-state index in [-0.39, 0.29) is 29.9 Å². The van der Waals surface area contributed by atoms with E-state index in [0.29, 0.717) is 11.5 Å². The Kier molecular flexibility index (Phi) is 5.59. The summed E-state index contributed by atoms with van der Waals surface area (Å²) >= 11 is 0. The van der Waals surface area contributed by atoms with E-state index >= 15 is 0 Å². The van der Waals surface area contributed by atoms with E-state index in [2.05, 4.69) is 50.9 Å². The number of imidazole rings is 1. The molecule has 36 heavy (non-hydrogen) atoms. The van der Waals surface area contributed by atoms with Gasteiger partial charge in [-0.25, -0.2) is 9.67 Å². The third kappa shape index (κ3) is 4.22. The second-order valence-electron chi connectivity index (χ2n) is 9.74. The number of hydrogen-bond donors (Lipinski definition) is 1. The van der Waals surface area contributed by atoms with Gasteiger partial charge in [-0.2, -0.15) is 5.10 Å². The quantitative estimate of drug-likeness (QED) is 0.273. The lowest BCUT2D eigenvalue weighted by Gasteiger charge is -2.21. The summed E-state index contributed by atoms with van der Waals surface area (Å²) in [7, 11) is 0. The fraction of sp³-hybridized carbons (Fsp3) is 0.226. The van der Waals surface area contributed by atoms with Crippen LogP contribution in [0.5, 0.6) is 5.75 Å². The van der Waals surface area contributed by atoms with Gasteiger partial charge < -0.3 is 5.11 Å². The van der Waals surface area contributed by atoms with E-state index in [1.54, 1.807) is 16.8 Å². The van der Waals surface area contributed by atoms with Gasteiger partial charge in [0.25, 0.3) is 0 Å². The van der Waals surface area contributed by atoms with E-state index in [4.69, 9.17) is 7.84 Å². The summed E-state index contributed by atoms with van der Waals surface area (Å²) < 4.78 is 20.8. The third-order valence-electron chi connectivity index (χ3n) is 6.52. The largest absolute Gasteiger partial charge is 0.506 e. The van der Waals surface area contributed by atoms with Crippen molar-refractivity contribution >= 4 is 0 Å². The van der Waals surface area contributed by atoms with Crippen LogP contribution in [0.2, 0.25) is 0 Å². The lowest BCUT2D eigenvalue weighted by atomic mass is 9.92. The SMILES string of the molecule is [2H]c1nc(-c2cccc(-c3cc(C)n(-c4ccccc4O)n3)c2)n(-c2c(C(C)C)cccc2C(C)C)c1[2H]. The summed E-state index contributed by atoms with van der Waals surface area (Å²) in [5, 5.41) is 15.1. The first-order valence-corrected chi connectivity index (χ1v) is 12.3. The van der Waals surface area contributed by atoms with Crippen molar-refractivity contribution in [3.05, 3.63) is 102 Å². The Morgan fingerprint density at radius 3 is 2.19 bits per heavy atom. The number of aryl methyl sites for hydroxylation is 1. The molecule has 5 nitrogen and oxygen atoms in total. The normalized spacial score (nSPS) is 12.3. The van der Waals surface area contributed by atoms with Gasteiger partial charge in [0.1, 0.15) is 17.3 Å². The molecular formula is C31H32N4O. The van der Waals surface area contributed by atoms with E-state index in [1.807, 2.05) is 54.0 Å². The van der Waals surface area contributed by atoms with Crippen LogP contribution in [0.4, 0.5) is 0 Å². The van der Waals surface area contributed by atoms with Gasteiger partial charge in [-0.3, -0.25) is 4.57 Å². The maximum Gasteiger partial charge on any atom is 0.144 e. The van der Waals surface area contributed by atoms with Gasteiger partial charge in [-0.05, 0) is 54.2 Å². The van der Waals surface area contributed by atoms with Crippen molar-refractivity contribution in [2.24, 2.45) is 0 Å². The van der Waals surface area contributed by atoms with Crippen LogP contribution in [0.25, 0.3) is 34.0 Å². The number of rotatable bonds is 6. The summed E-state index contributed by atoms with van der Waals surface area (Å²) in [4.78, 5) is 4.56. The van der Waals surface area contributed by atoms with Crippen LogP contribution in [-0.4, -0.2) is 24.4 Å². The maximum atomic E-state index is 10.3. The van der Waals surface area contributed by atoms with Crippen LogP contribution < -0.4 is 0 Å². The van der Waals surface area contributed by atoms with Crippen molar-refractivity contribution < 1.29 is 7.85 Å². The lowest BCUT2D eigenvalue weighted by molar-refractivity contribution is 0.470. The highest BCUT2D eigenvalue weighted by molar-refractivity contribution is 5.70. The number of nitrogens with zero attached hydrogens (tertiary/aromatic N) is 4. The van der Waals surface area contributed by atoms with Crippen LogP contribution in [0.15, 0.2) is 85.1 Å². The number of benzene rings is 3. The van der Waals surface area contributed by atoms with Gasteiger partial charge in [0.05, 0.1) is 14.1 Å². The lowest BCUT2D eigenvalue weighted by Crippen LogP contribution is -2.07. The van der Waals surface area contributed by atoms with Gasteiger partial charge >= 0.3 is 0 Å². The zero-order chi connectivity index (χ0) is 27.1. The third-order valence-corrected chi connectivity index (χ3v) is 6.52. The molecule has 0 aliphatic heterocycles. The summed E-state index contributed by atoms with van der Waals surface area (Å²) in [6, 6.07) is 23.3. The molecule has 5 rings (SSSR count).